The first kappa shape index (κ1) is 13.4. The van der Waals surface area contributed by atoms with Crippen LogP contribution < -0.4 is 5.73 Å². The first-order valence-corrected chi connectivity index (χ1v) is 7.08. The SMILES string of the molecule is NCCc1nc2ccccn2c1-c1ccc(Cl)c(Cl)c1. The molecule has 20 heavy (non-hydrogen) atoms. The maximum Gasteiger partial charge on any atom is 0.137 e. The van der Waals surface area contributed by atoms with Crippen LogP contribution in [0.3, 0.4) is 0 Å². The Morgan fingerprint density at radius 2 is 1.95 bits per heavy atom. The van der Waals surface area contributed by atoms with E-state index in [-0.39, 0.29) is 0 Å². The fourth-order valence-electron chi connectivity index (χ4n) is 2.30. The second-order valence-electron chi connectivity index (χ2n) is 4.50. The standard InChI is InChI=1S/C15H13Cl2N3/c16-11-5-4-10(9-12(11)17)15-13(6-7-18)19-14-3-1-2-8-20(14)15/h1-5,8-9H,6-7,18H2. The number of fused-ring (bicyclic) bond motifs is 1. The first-order chi connectivity index (χ1) is 9.70. The number of nitrogens with two attached hydrogens (primary N) is 1. The predicted octanol–water partition coefficient (Wildman–Crippen LogP) is 3.81. The Balaban J connectivity index is 2.26. The van der Waals surface area contributed by atoms with Gasteiger partial charge in [0, 0.05) is 18.2 Å². The fraction of sp³-hybridized carbons (Fsp3) is 0.133. The normalized spacial score (nSPS) is 11.2. The lowest BCUT2D eigenvalue weighted by Crippen LogP contribution is -2.04. The number of hydrogen-bond donors (Lipinski definition) is 1. The first-order valence-electron chi connectivity index (χ1n) is 6.32. The largest absolute Gasteiger partial charge is 0.330 e. The number of imidazole rings is 1. The summed E-state index contributed by atoms with van der Waals surface area (Å²) in [5, 5.41) is 1.08. The van der Waals surface area contributed by atoms with Gasteiger partial charge in [-0.2, -0.15) is 0 Å². The molecule has 3 rings (SSSR count). The second-order valence-corrected chi connectivity index (χ2v) is 5.32. The van der Waals surface area contributed by atoms with Crippen LogP contribution >= 0.6 is 23.2 Å². The van der Waals surface area contributed by atoms with Crippen molar-refractivity contribution in [3.8, 4) is 11.3 Å². The lowest BCUT2D eigenvalue weighted by molar-refractivity contribution is 0.939. The Kier molecular flexibility index (Phi) is 3.66. The van der Waals surface area contributed by atoms with Crippen LogP contribution in [0.2, 0.25) is 10.0 Å². The molecule has 0 spiro atoms. The molecule has 2 heterocycles. The summed E-state index contributed by atoms with van der Waals surface area (Å²) in [6.45, 7) is 0.554. The van der Waals surface area contributed by atoms with Crippen molar-refractivity contribution in [1.29, 1.82) is 0 Å². The maximum absolute atomic E-state index is 6.13. The third kappa shape index (κ3) is 2.29. The van der Waals surface area contributed by atoms with Crippen molar-refractivity contribution in [1.82, 2.24) is 9.38 Å². The summed E-state index contributed by atoms with van der Waals surface area (Å²) in [7, 11) is 0. The van der Waals surface area contributed by atoms with E-state index in [2.05, 4.69) is 4.98 Å². The molecule has 0 aliphatic heterocycles. The maximum atomic E-state index is 6.13. The topological polar surface area (TPSA) is 43.3 Å². The zero-order valence-corrected chi connectivity index (χ0v) is 12.2. The van der Waals surface area contributed by atoms with Gasteiger partial charge in [0.05, 0.1) is 21.4 Å². The Bertz CT molecular complexity index is 765. The molecule has 3 nitrogen and oxygen atoms in total. The van der Waals surface area contributed by atoms with Crippen LogP contribution in [-0.2, 0) is 6.42 Å². The molecule has 0 bridgehead atoms. The molecule has 0 atom stereocenters. The molecule has 5 heteroatoms. The van der Waals surface area contributed by atoms with E-state index in [1.165, 1.54) is 0 Å². The van der Waals surface area contributed by atoms with E-state index < -0.39 is 0 Å². The van der Waals surface area contributed by atoms with Crippen LogP contribution in [-0.4, -0.2) is 15.9 Å². The van der Waals surface area contributed by atoms with Gasteiger partial charge in [0.1, 0.15) is 5.65 Å². The molecule has 102 valence electrons. The number of nitrogens with zero attached hydrogens (tertiary/aromatic N) is 2. The predicted molar refractivity (Wildman–Crippen MR) is 83.4 cm³/mol. The molecule has 0 aliphatic rings. The molecular formula is C15H13Cl2N3. The van der Waals surface area contributed by atoms with Gasteiger partial charge in [-0.3, -0.25) is 4.40 Å². The second kappa shape index (κ2) is 5.44. The average Bonchev–Trinajstić information content (AvgIpc) is 2.80. The number of pyridine rings is 1. The van der Waals surface area contributed by atoms with Gasteiger partial charge in [0.15, 0.2) is 0 Å². The molecule has 0 fully saturated rings. The molecular weight excluding hydrogens is 293 g/mol. The van der Waals surface area contributed by atoms with Crippen molar-refractivity contribution in [2.75, 3.05) is 6.54 Å². The third-order valence-corrected chi connectivity index (χ3v) is 3.92. The zero-order chi connectivity index (χ0) is 14.1. The monoisotopic (exact) mass is 305 g/mol. The van der Waals surface area contributed by atoms with E-state index in [0.29, 0.717) is 16.6 Å². The van der Waals surface area contributed by atoms with Crippen LogP contribution in [0.4, 0.5) is 0 Å². The van der Waals surface area contributed by atoms with Gasteiger partial charge in [-0.15, -0.1) is 0 Å². The Morgan fingerprint density at radius 1 is 1.10 bits per heavy atom. The van der Waals surface area contributed by atoms with Gasteiger partial charge in [-0.05, 0) is 30.8 Å². The highest BCUT2D eigenvalue weighted by molar-refractivity contribution is 6.42. The minimum absolute atomic E-state index is 0.536. The van der Waals surface area contributed by atoms with E-state index in [0.717, 1.165) is 29.0 Å². The third-order valence-electron chi connectivity index (χ3n) is 3.18. The summed E-state index contributed by atoms with van der Waals surface area (Å²) in [5.41, 5.74) is 9.56. The molecule has 2 N–H and O–H groups in total. The molecule has 0 amide bonds. The van der Waals surface area contributed by atoms with Gasteiger partial charge in [-0.1, -0.05) is 35.3 Å². The fourth-order valence-corrected chi connectivity index (χ4v) is 2.60. The molecule has 2 aromatic heterocycles. The zero-order valence-electron chi connectivity index (χ0n) is 10.7. The number of rotatable bonds is 3. The van der Waals surface area contributed by atoms with Crippen LogP contribution in [0.5, 0.6) is 0 Å². The Labute approximate surface area is 127 Å². The quantitative estimate of drug-likeness (QED) is 0.799. The van der Waals surface area contributed by atoms with Crippen LogP contribution in [0, 0.1) is 0 Å². The van der Waals surface area contributed by atoms with Gasteiger partial charge in [0.2, 0.25) is 0 Å². The highest BCUT2D eigenvalue weighted by Gasteiger charge is 2.14. The van der Waals surface area contributed by atoms with E-state index in [1.807, 2.05) is 40.9 Å². The van der Waals surface area contributed by atoms with Crippen molar-refractivity contribution in [3.05, 3.63) is 58.3 Å². The lowest BCUT2D eigenvalue weighted by Gasteiger charge is -2.06. The number of benzene rings is 1. The summed E-state index contributed by atoms with van der Waals surface area (Å²) in [6.07, 6.45) is 2.71. The minimum Gasteiger partial charge on any atom is -0.330 e. The van der Waals surface area contributed by atoms with Crippen molar-refractivity contribution in [2.24, 2.45) is 5.73 Å². The highest BCUT2D eigenvalue weighted by Crippen LogP contribution is 2.31. The van der Waals surface area contributed by atoms with E-state index in [1.54, 1.807) is 6.07 Å². The summed E-state index contributed by atoms with van der Waals surface area (Å²) in [5.74, 6) is 0. The van der Waals surface area contributed by atoms with Gasteiger partial charge in [0.25, 0.3) is 0 Å². The number of halogens is 2. The average molecular weight is 306 g/mol. The molecule has 0 unspecified atom stereocenters. The highest BCUT2D eigenvalue weighted by atomic mass is 35.5. The number of hydrogen-bond acceptors (Lipinski definition) is 2. The van der Waals surface area contributed by atoms with Crippen molar-refractivity contribution < 1.29 is 0 Å². The van der Waals surface area contributed by atoms with E-state index >= 15 is 0 Å². The summed E-state index contributed by atoms with van der Waals surface area (Å²) >= 11 is 12.1. The minimum atomic E-state index is 0.536. The van der Waals surface area contributed by atoms with Crippen LogP contribution in [0.25, 0.3) is 16.9 Å². The summed E-state index contributed by atoms with van der Waals surface area (Å²) in [6, 6.07) is 11.5. The summed E-state index contributed by atoms with van der Waals surface area (Å²) < 4.78 is 2.05. The van der Waals surface area contributed by atoms with Gasteiger partial charge in [-0.25, -0.2) is 4.98 Å². The Hall–Kier alpha value is -1.55. The van der Waals surface area contributed by atoms with Gasteiger partial charge >= 0.3 is 0 Å². The summed E-state index contributed by atoms with van der Waals surface area (Å²) in [4.78, 5) is 4.64. The van der Waals surface area contributed by atoms with Crippen LogP contribution in [0.15, 0.2) is 42.6 Å². The van der Waals surface area contributed by atoms with Gasteiger partial charge < -0.3 is 5.73 Å². The molecule has 1 aromatic carbocycles. The van der Waals surface area contributed by atoms with E-state index in [9.17, 15) is 0 Å². The molecule has 0 saturated carbocycles. The molecule has 0 saturated heterocycles. The smallest absolute Gasteiger partial charge is 0.137 e. The van der Waals surface area contributed by atoms with Crippen molar-refractivity contribution in [3.63, 3.8) is 0 Å². The lowest BCUT2D eigenvalue weighted by atomic mass is 10.1. The Morgan fingerprint density at radius 3 is 2.70 bits per heavy atom. The van der Waals surface area contributed by atoms with E-state index in [4.69, 9.17) is 28.9 Å². The molecule has 0 radical (unpaired) electrons. The molecule has 3 aromatic rings. The van der Waals surface area contributed by atoms with Crippen LogP contribution in [0.1, 0.15) is 5.69 Å². The molecule has 0 aliphatic carbocycles. The van der Waals surface area contributed by atoms with Crippen molar-refractivity contribution >= 4 is 28.8 Å². The van der Waals surface area contributed by atoms with Crippen molar-refractivity contribution in [2.45, 2.75) is 6.42 Å². The number of aromatic nitrogens is 2.